The molecule has 1 saturated heterocycles. The number of fused-ring (bicyclic) bond motifs is 1. The molecule has 2 nitrogen and oxygen atoms in total. The van der Waals surface area contributed by atoms with E-state index in [1.165, 1.54) is 0 Å². The highest BCUT2D eigenvalue weighted by Gasteiger charge is 2.61. The molecule has 56 valence electrons. The Balaban J connectivity index is 2.05. The number of cyclic esters (lactones) is 1. The molecule has 3 atom stereocenters. The van der Waals surface area contributed by atoms with Crippen LogP contribution in [0.15, 0.2) is 0 Å². The minimum absolute atomic E-state index is 0.0451. The molecular formula is C8H12O2. The number of esters is 1. The zero-order valence-corrected chi connectivity index (χ0v) is 6.33. The molecule has 0 amide bonds. The summed E-state index contributed by atoms with van der Waals surface area (Å²) in [7, 11) is 0. The quantitative estimate of drug-likeness (QED) is 0.509. The van der Waals surface area contributed by atoms with Crippen molar-refractivity contribution in [3.63, 3.8) is 0 Å². The fraction of sp³-hybridized carbons (Fsp3) is 0.875. The Morgan fingerprint density at radius 1 is 1.60 bits per heavy atom. The number of carbonyl (C=O) groups is 1. The smallest absolute Gasteiger partial charge is 0.309 e. The summed E-state index contributed by atoms with van der Waals surface area (Å²) in [6.07, 6.45) is 0. The molecule has 2 fully saturated rings. The van der Waals surface area contributed by atoms with Crippen LogP contribution in [0.2, 0.25) is 0 Å². The summed E-state index contributed by atoms with van der Waals surface area (Å²) in [5.74, 6) is 2.19. The van der Waals surface area contributed by atoms with Gasteiger partial charge in [-0.15, -0.1) is 0 Å². The lowest BCUT2D eigenvalue weighted by Gasteiger charge is -2.05. The third kappa shape index (κ3) is 0.619. The maximum Gasteiger partial charge on any atom is 0.309 e. The molecule has 1 heterocycles. The Kier molecular flexibility index (Phi) is 1.08. The van der Waals surface area contributed by atoms with E-state index in [1.807, 2.05) is 0 Å². The Hall–Kier alpha value is -0.530. The molecule has 1 aliphatic carbocycles. The molecule has 1 aliphatic heterocycles. The second kappa shape index (κ2) is 1.74. The van der Waals surface area contributed by atoms with Gasteiger partial charge in [0.1, 0.15) is 0 Å². The molecule has 0 radical (unpaired) electrons. The van der Waals surface area contributed by atoms with Crippen LogP contribution in [0.25, 0.3) is 0 Å². The summed E-state index contributed by atoms with van der Waals surface area (Å²) in [6.45, 7) is 5.04. The van der Waals surface area contributed by atoms with Gasteiger partial charge in [0, 0.05) is 5.92 Å². The summed E-state index contributed by atoms with van der Waals surface area (Å²) in [4.78, 5) is 10.9. The first kappa shape index (κ1) is 6.20. The molecule has 1 saturated carbocycles. The third-order valence-electron chi connectivity index (χ3n) is 2.69. The van der Waals surface area contributed by atoms with Crippen molar-refractivity contribution in [2.75, 3.05) is 6.61 Å². The number of carbonyl (C=O) groups excluding carboxylic acids is 1. The van der Waals surface area contributed by atoms with Crippen molar-refractivity contribution in [3.8, 4) is 0 Å². The lowest BCUT2D eigenvalue weighted by Crippen LogP contribution is -2.08. The highest BCUT2D eigenvalue weighted by molar-refractivity contribution is 5.79. The van der Waals surface area contributed by atoms with Gasteiger partial charge in [-0.3, -0.25) is 4.79 Å². The molecule has 2 aliphatic rings. The topological polar surface area (TPSA) is 26.3 Å². The molecule has 0 bridgehead atoms. The maximum atomic E-state index is 10.9. The van der Waals surface area contributed by atoms with Gasteiger partial charge in [0.15, 0.2) is 0 Å². The lowest BCUT2D eigenvalue weighted by atomic mass is 10.1. The minimum Gasteiger partial charge on any atom is -0.465 e. The molecule has 10 heavy (non-hydrogen) atoms. The molecule has 0 aromatic heterocycles. The van der Waals surface area contributed by atoms with E-state index in [0.717, 1.165) is 0 Å². The summed E-state index contributed by atoms with van der Waals surface area (Å²) in [5, 5.41) is 0. The van der Waals surface area contributed by atoms with E-state index in [0.29, 0.717) is 24.4 Å². The Bertz CT molecular complexity index is 174. The highest BCUT2D eigenvalue weighted by Crippen LogP contribution is 2.55. The molecule has 0 unspecified atom stereocenters. The molecule has 0 spiro atoms. The first-order chi connectivity index (χ1) is 4.72. The summed E-state index contributed by atoms with van der Waals surface area (Å²) in [5.41, 5.74) is 0. The van der Waals surface area contributed by atoms with E-state index >= 15 is 0 Å². The van der Waals surface area contributed by atoms with Crippen LogP contribution in [0, 0.1) is 23.7 Å². The number of ether oxygens (including phenoxy) is 1. The van der Waals surface area contributed by atoms with E-state index in [2.05, 4.69) is 13.8 Å². The standard InChI is InChI=1S/C8H12O2/c1-4(2)6-5-3-10-8(9)7(5)6/h4-7H,3H2,1-2H3/t5-,6+,7-/m0/s1. The fourth-order valence-electron chi connectivity index (χ4n) is 2.13. The third-order valence-corrected chi connectivity index (χ3v) is 2.69. The van der Waals surface area contributed by atoms with Crippen molar-refractivity contribution >= 4 is 5.97 Å². The van der Waals surface area contributed by atoms with Gasteiger partial charge in [-0.1, -0.05) is 13.8 Å². The van der Waals surface area contributed by atoms with Crippen molar-refractivity contribution in [2.24, 2.45) is 23.7 Å². The minimum atomic E-state index is 0.0451. The van der Waals surface area contributed by atoms with E-state index in [4.69, 9.17) is 4.74 Å². The summed E-state index contributed by atoms with van der Waals surface area (Å²) >= 11 is 0. The molecule has 0 N–H and O–H groups in total. The number of hydrogen-bond acceptors (Lipinski definition) is 2. The van der Waals surface area contributed by atoms with Gasteiger partial charge < -0.3 is 4.74 Å². The zero-order chi connectivity index (χ0) is 7.30. The van der Waals surface area contributed by atoms with Gasteiger partial charge in [-0.25, -0.2) is 0 Å². The average molecular weight is 140 g/mol. The lowest BCUT2D eigenvalue weighted by molar-refractivity contribution is -0.142. The average Bonchev–Trinajstić information content (AvgIpc) is 2.48. The first-order valence-electron chi connectivity index (χ1n) is 3.88. The van der Waals surface area contributed by atoms with E-state index in [1.54, 1.807) is 0 Å². The van der Waals surface area contributed by atoms with Gasteiger partial charge in [-0.2, -0.15) is 0 Å². The SMILES string of the molecule is CC(C)[C@@H]1[C@@H]2COC(=O)[C@@H]21. The van der Waals surface area contributed by atoms with Gasteiger partial charge in [0.2, 0.25) is 0 Å². The van der Waals surface area contributed by atoms with Gasteiger partial charge in [-0.05, 0) is 11.8 Å². The summed E-state index contributed by atoms with van der Waals surface area (Å²) in [6, 6.07) is 0. The number of hydrogen-bond donors (Lipinski definition) is 0. The second-order valence-electron chi connectivity index (χ2n) is 3.64. The van der Waals surface area contributed by atoms with Crippen LogP contribution in [0.5, 0.6) is 0 Å². The summed E-state index contributed by atoms with van der Waals surface area (Å²) < 4.78 is 4.86. The second-order valence-corrected chi connectivity index (χ2v) is 3.64. The van der Waals surface area contributed by atoms with Crippen molar-refractivity contribution < 1.29 is 9.53 Å². The van der Waals surface area contributed by atoms with Crippen molar-refractivity contribution in [2.45, 2.75) is 13.8 Å². The predicted octanol–water partition coefficient (Wildman–Crippen LogP) is 1.06. The van der Waals surface area contributed by atoms with Gasteiger partial charge >= 0.3 is 5.97 Å². The number of rotatable bonds is 1. The van der Waals surface area contributed by atoms with Crippen LogP contribution in [0.1, 0.15) is 13.8 Å². The normalized spacial score (nSPS) is 43.5. The van der Waals surface area contributed by atoms with Crippen molar-refractivity contribution in [3.05, 3.63) is 0 Å². The van der Waals surface area contributed by atoms with Gasteiger partial charge in [0.25, 0.3) is 0 Å². The van der Waals surface area contributed by atoms with Crippen LogP contribution in [-0.2, 0) is 9.53 Å². The van der Waals surface area contributed by atoms with Crippen LogP contribution >= 0.6 is 0 Å². The van der Waals surface area contributed by atoms with Crippen LogP contribution < -0.4 is 0 Å². The van der Waals surface area contributed by atoms with Crippen LogP contribution in [0.3, 0.4) is 0 Å². The highest BCUT2D eigenvalue weighted by atomic mass is 16.5. The Labute approximate surface area is 60.6 Å². The van der Waals surface area contributed by atoms with E-state index < -0.39 is 0 Å². The molecule has 2 rings (SSSR count). The van der Waals surface area contributed by atoms with Crippen molar-refractivity contribution in [1.29, 1.82) is 0 Å². The fourth-order valence-corrected chi connectivity index (χ4v) is 2.13. The largest absolute Gasteiger partial charge is 0.465 e. The van der Waals surface area contributed by atoms with Gasteiger partial charge in [0.05, 0.1) is 12.5 Å². The van der Waals surface area contributed by atoms with Crippen LogP contribution in [-0.4, -0.2) is 12.6 Å². The Morgan fingerprint density at radius 3 is 2.60 bits per heavy atom. The molecular weight excluding hydrogens is 128 g/mol. The molecule has 0 aromatic rings. The van der Waals surface area contributed by atoms with Crippen LogP contribution in [0.4, 0.5) is 0 Å². The molecule has 2 heteroatoms. The predicted molar refractivity (Wildman–Crippen MR) is 36.3 cm³/mol. The van der Waals surface area contributed by atoms with Crippen molar-refractivity contribution in [1.82, 2.24) is 0 Å². The Morgan fingerprint density at radius 2 is 2.30 bits per heavy atom. The first-order valence-corrected chi connectivity index (χ1v) is 3.88. The zero-order valence-electron chi connectivity index (χ0n) is 6.33. The van der Waals surface area contributed by atoms with E-state index in [9.17, 15) is 4.79 Å². The molecule has 0 aromatic carbocycles. The monoisotopic (exact) mass is 140 g/mol. The van der Waals surface area contributed by atoms with E-state index in [-0.39, 0.29) is 11.9 Å². The maximum absolute atomic E-state index is 10.9.